The van der Waals surface area contributed by atoms with Crippen LogP contribution in [0, 0.1) is 0 Å². The summed E-state index contributed by atoms with van der Waals surface area (Å²) in [6.45, 7) is 9.86. The van der Waals surface area contributed by atoms with Crippen molar-refractivity contribution in [3.8, 4) is 0 Å². The summed E-state index contributed by atoms with van der Waals surface area (Å²) in [4.78, 5) is 10.9. The number of ether oxygens (including phenoxy) is 8. The molecule has 0 rings (SSSR count). The summed E-state index contributed by atoms with van der Waals surface area (Å²) in [5, 5.41) is 0. The van der Waals surface area contributed by atoms with Crippen molar-refractivity contribution in [2.45, 2.75) is 103 Å². The number of esters is 1. The molecule has 0 spiro atoms. The molecule has 0 heterocycles. The second-order valence-electron chi connectivity index (χ2n) is 10.2. The molecule has 0 aliphatic rings. The standard InChI is InChI=1S/C32H64O9/c1-3-4-5-6-7-8-9-10-11-12-13-14-15-16-18-35-20-22-37-24-26-39-28-30-41-31-29-40-27-25-38-23-21-36-19-17-32(33)34-2/h3-31H2,1-2H3. The van der Waals surface area contributed by atoms with Gasteiger partial charge in [-0.25, -0.2) is 0 Å². The molecule has 0 radical (unpaired) electrons. The molecule has 0 bridgehead atoms. The Labute approximate surface area is 251 Å². The first-order chi connectivity index (χ1) is 20.3. The summed E-state index contributed by atoms with van der Waals surface area (Å²) in [5.41, 5.74) is 0. The van der Waals surface area contributed by atoms with E-state index in [0.717, 1.165) is 13.0 Å². The summed E-state index contributed by atoms with van der Waals surface area (Å²) >= 11 is 0. The summed E-state index contributed by atoms with van der Waals surface area (Å²) in [6.07, 6.45) is 19.5. The number of hydrogen-bond donors (Lipinski definition) is 0. The minimum Gasteiger partial charge on any atom is -0.469 e. The zero-order chi connectivity index (χ0) is 29.7. The molecule has 0 aliphatic carbocycles. The van der Waals surface area contributed by atoms with Gasteiger partial charge in [0.05, 0.1) is 99.4 Å². The first kappa shape index (κ1) is 40.2. The van der Waals surface area contributed by atoms with E-state index in [0.29, 0.717) is 85.9 Å². The lowest BCUT2D eigenvalue weighted by Crippen LogP contribution is -2.14. The Morgan fingerprint density at radius 2 is 0.634 bits per heavy atom. The Balaban J connectivity index is 3.04. The van der Waals surface area contributed by atoms with Crippen LogP contribution in [0.3, 0.4) is 0 Å². The molecule has 0 aromatic heterocycles. The van der Waals surface area contributed by atoms with Gasteiger partial charge in [0.1, 0.15) is 0 Å². The zero-order valence-corrected chi connectivity index (χ0v) is 26.7. The van der Waals surface area contributed by atoms with E-state index in [-0.39, 0.29) is 12.4 Å². The SMILES string of the molecule is CCCCCCCCCCCCCCCCOCCOCCOCCOCCOCCOCCOCCC(=O)OC. The fourth-order valence-corrected chi connectivity index (χ4v) is 4.08. The van der Waals surface area contributed by atoms with E-state index in [1.54, 1.807) is 0 Å². The van der Waals surface area contributed by atoms with Crippen molar-refractivity contribution < 1.29 is 42.7 Å². The Kier molecular flexibility index (Phi) is 36.5. The van der Waals surface area contributed by atoms with Crippen LogP contribution < -0.4 is 0 Å². The maximum atomic E-state index is 10.9. The van der Waals surface area contributed by atoms with Gasteiger partial charge in [-0.05, 0) is 6.42 Å². The van der Waals surface area contributed by atoms with Crippen LogP contribution in [0.4, 0.5) is 0 Å². The fourth-order valence-electron chi connectivity index (χ4n) is 4.08. The van der Waals surface area contributed by atoms with Gasteiger partial charge in [0.2, 0.25) is 0 Å². The van der Waals surface area contributed by atoms with Crippen molar-refractivity contribution in [1.29, 1.82) is 0 Å². The molecule has 0 atom stereocenters. The van der Waals surface area contributed by atoms with E-state index in [4.69, 9.17) is 33.2 Å². The van der Waals surface area contributed by atoms with Gasteiger partial charge < -0.3 is 37.9 Å². The summed E-state index contributed by atoms with van der Waals surface area (Å²) in [6, 6.07) is 0. The quantitative estimate of drug-likeness (QED) is 0.0628. The summed E-state index contributed by atoms with van der Waals surface area (Å²) in [7, 11) is 1.36. The lowest BCUT2D eigenvalue weighted by atomic mass is 10.0. The van der Waals surface area contributed by atoms with Gasteiger partial charge in [0, 0.05) is 6.61 Å². The van der Waals surface area contributed by atoms with Gasteiger partial charge in [-0.1, -0.05) is 90.4 Å². The second kappa shape index (κ2) is 37.2. The van der Waals surface area contributed by atoms with Gasteiger partial charge in [0.25, 0.3) is 0 Å². The topological polar surface area (TPSA) is 90.9 Å². The van der Waals surface area contributed by atoms with Gasteiger partial charge in [0.15, 0.2) is 0 Å². The van der Waals surface area contributed by atoms with Crippen LogP contribution in [0.15, 0.2) is 0 Å². The van der Waals surface area contributed by atoms with Crippen molar-refractivity contribution in [1.82, 2.24) is 0 Å². The maximum absolute atomic E-state index is 10.9. The second-order valence-corrected chi connectivity index (χ2v) is 10.2. The van der Waals surface area contributed by atoms with E-state index in [9.17, 15) is 4.79 Å². The minimum atomic E-state index is -0.274. The van der Waals surface area contributed by atoms with Crippen molar-refractivity contribution >= 4 is 5.97 Å². The van der Waals surface area contributed by atoms with Crippen LogP contribution in [-0.4, -0.2) is 106 Å². The molecule has 41 heavy (non-hydrogen) atoms. The van der Waals surface area contributed by atoms with Crippen molar-refractivity contribution in [3.05, 3.63) is 0 Å². The van der Waals surface area contributed by atoms with Crippen LogP contribution in [0.2, 0.25) is 0 Å². The normalized spacial score (nSPS) is 11.4. The van der Waals surface area contributed by atoms with Gasteiger partial charge in [-0.2, -0.15) is 0 Å². The highest BCUT2D eigenvalue weighted by atomic mass is 16.6. The molecule has 0 fully saturated rings. The molecule has 0 saturated carbocycles. The van der Waals surface area contributed by atoms with E-state index >= 15 is 0 Å². The van der Waals surface area contributed by atoms with Gasteiger partial charge in [-0.15, -0.1) is 0 Å². The predicted molar refractivity (Wildman–Crippen MR) is 163 cm³/mol. The lowest BCUT2D eigenvalue weighted by molar-refractivity contribution is -0.141. The van der Waals surface area contributed by atoms with Crippen LogP contribution >= 0.6 is 0 Å². The zero-order valence-electron chi connectivity index (χ0n) is 26.7. The van der Waals surface area contributed by atoms with E-state index in [1.165, 1.54) is 90.6 Å². The average Bonchev–Trinajstić information content (AvgIpc) is 2.99. The molecule has 0 unspecified atom stereocenters. The van der Waals surface area contributed by atoms with Gasteiger partial charge >= 0.3 is 5.97 Å². The third kappa shape index (κ3) is 37.2. The number of rotatable bonds is 36. The molecule has 0 aromatic carbocycles. The Bertz CT molecular complexity index is 494. The molecule has 9 nitrogen and oxygen atoms in total. The molecular formula is C32H64O9. The molecule has 246 valence electrons. The first-order valence-electron chi connectivity index (χ1n) is 16.4. The smallest absolute Gasteiger partial charge is 0.307 e. The molecule has 9 heteroatoms. The van der Waals surface area contributed by atoms with Crippen LogP contribution in [0.5, 0.6) is 0 Å². The highest BCUT2D eigenvalue weighted by Gasteiger charge is 1.99. The minimum absolute atomic E-state index is 0.257. The highest BCUT2D eigenvalue weighted by Crippen LogP contribution is 2.12. The molecular weight excluding hydrogens is 528 g/mol. The monoisotopic (exact) mass is 592 g/mol. The number of methoxy groups -OCH3 is 1. The number of carbonyl (C=O) groups is 1. The summed E-state index contributed by atoms with van der Waals surface area (Å²) < 4.78 is 42.8. The number of hydrogen-bond acceptors (Lipinski definition) is 9. The molecule has 0 amide bonds. The van der Waals surface area contributed by atoms with Crippen LogP contribution in [0.25, 0.3) is 0 Å². The Hall–Kier alpha value is -0.810. The van der Waals surface area contributed by atoms with Crippen LogP contribution in [0.1, 0.15) is 103 Å². The Morgan fingerprint density at radius 3 is 0.951 bits per heavy atom. The van der Waals surface area contributed by atoms with Gasteiger partial charge in [-0.3, -0.25) is 4.79 Å². The molecule has 0 aromatic rings. The Morgan fingerprint density at radius 1 is 0.366 bits per heavy atom. The lowest BCUT2D eigenvalue weighted by Gasteiger charge is -2.08. The van der Waals surface area contributed by atoms with Crippen molar-refractivity contribution in [2.75, 3.05) is 99.6 Å². The molecule has 0 aliphatic heterocycles. The van der Waals surface area contributed by atoms with E-state index in [1.807, 2.05) is 0 Å². The first-order valence-corrected chi connectivity index (χ1v) is 16.4. The molecule has 0 N–H and O–H groups in total. The third-order valence-corrected chi connectivity index (χ3v) is 6.55. The van der Waals surface area contributed by atoms with E-state index in [2.05, 4.69) is 11.7 Å². The van der Waals surface area contributed by atoms with Crippen molar-refractivity contribution in [3.63, 3.8) is 0 Å². The maximum Gasteiger partial charge on any atom is 0.307 e. The average molecular weight is 593 g/mol. The van der Waals surface area contributed by atoms with Crippen molar-refractivity contribution in [2.24, 2.45) is 0 Å². The highest BCUT2D eigenvalue weighted by molar-refractivity contribution is 5.69. The van der Waals surface area contributed by atoms with Crippen LogP contribution in [-0.2, 0) is 42.7 Å². The fraction of sp³-hybridized carbons (Fsp3) is 0.969. The molecule has 0 saturated heterocycles. The van der Waals surface area contributed by atoms with E-state index < -0.39 is 0 Å². The number of unbranched alkanes of at least 4 members (excludes halogenated alkanes) is 13. The largest absolute Gasteiger partial charge is 0.469 e. The predicted octanol–water partition coefficient (Wildman–Crippen LogP) is 6.15. The number of carbonyl (C=O) groups excluding carboxylic acids is 1. The summed E-state index contributed by atoms with van der Waals surface area (Å²) in [5.74, 6) is -0.274. The third-order valence-electron chi connectivity index (χ3n) is 6.55.